The van der Waals surface area contributed by atoms with Gasteiger partial charge in [-0.2, -0.15) is 0 Å². The fraction of sp³-hybridized carbons (Fsp3) is 0.765. The molecule has 0 heterocycles. The highest BCUT2D eigenvalue weighted by molar-refractivity contribution is 5.99. The molecule has 160 valence electrons. The lowest BCUT2D eigenvalue weighted by Crippen LogP contribution is -2.27. The zero-order valence-electron chi connectivity index (χ0n) is 16.5. The number of nitrogens with zero attached hydrogens (tertiary/aromatic N) is 2. The maximum Gasteiger partial charge on any atom is 0.310 e. The first-order valence-corrected chi connectivity index (χ1v) is 8.92. The van der Waals surface area contributed by atoms with E-state index in [4.69, 9.17) is 15.2 Å². The van der Waals surface area contributed by atoms with Crippen LogP contribution in [0.15, 0.2) is 4.99 Å². The number of hydrogen-bond donors (Lipinski definition) is 1. The van der Waals surface area contributed by atoms with Crippen molar-refractivity contribution < 1.29 is 33.8 Å². The molecule has 1 atom stereocenters. The minimum absolute atomic E-state index is 0.0510. The minimum Gasteiger partial charge on any atom is -0.464 e. The van der Waals surface area contributed by atoms with Gasteiger partial charge >= 0.3 is 5.97 Å². The molecule has 0 aromatic rings. The summed E-state index contributed by atoms with van der Waals surface area (Å²) in [4.78, 5) is 52.2. The molecular formula is C17H29N3O8. The number of Topliss-reactive ketones (excluding diaryl/α,β-unsaturated/α-hetero) is 1. The molecule has 2 N–H and O–H groups in total. The summed E-state index contributed by atoms with van der Waals surface area (Å²) in [5.41, 5.74) is 5.06. The van der Waals surface area contributed by atoms with Crippen LogP contribution in [0, 0.1) is 10.1 Å². The number of nitrogens with two attached hydrogens (primary N) is 1. The van der Waals surface area contributed by atoms with Gasteiger partial charge in [-0.25, -0.2) is 0 Å². The molecule has 0 aromatic heterocycles. The summed E-state index contributed by atoms with van der Waals surface area (Å²) in [5.74, 6) is -0.505. The third-order valence-corrected chi connectivity index (χ3v) is 3.24. The molecule has 0 saturated carbocycles. The Labute approximate surface area is 163 Å². The van der Waals surface area contributed by atoms with Crippen molar-refractivity contribution >= 4 is 24.1 Å². The SMILES string of the molecule is CC(C)(C)OC(=O)CC(CCCN=C(N)CC(=O)CCCO[N+](=O)[O-])OC=O. The lowest BCUT2D eigenvalue weighted by atomic mass is 10.1. The van der Waals surface area contributed by atoms with Gasteiger partial charge in [0.25, 0.3) is 11.6 Å². The van der Waals surface area contributed by atoms with Crippen molar-refractivity contribution in [1.82, 2.24) is 0 Å². The highest BCUT2D eigenvalue weighted by atomic mass is 16.9. The predicted molar refractivity (Wildman–Crippen MR) is 98.9 cm³/mol. The van der Waals surface area contributed by atoms with Crippen LogP contribution in [0.3, 0.4) is 0 Å². The van der Waals surface area contributed by atoms with Crippen LogP contribution in [0.2, 0.25) is 0 Å². The van der Waals surface area contributed by atoms with E-state index in [-0.39, 0.29) is 50.4 Å². The van der Waals surface area contributed by atoms with Gasteiger partial charge in [0, 0.05) is 13.0 Å². The van der Waals surface area contributed by atoms with Gasteiger partial charge in [-0.15, -0.1) is 10.1 Å². The van der Waals surface area contributed by atoms with Crippen LogP contribution in [0.1, 0.15) is 59.3 Å². The van der Waals surface area contributed by atoms with Gasteiger partial charge in [-0.1, -0.05) is 0 Å². The third kappa shape index (κ3) is 15.5. The standard InChI is InChI=1S/C17H29N3O8/c1-17(2,3)28-16(23)11-14(26-12-21)7-4-8-19-15(18)10-13(22)6-5-9-27-20(24)25/h12,14H,4-11H2,1-3H3,(H2,18,19). The van der Waals surface area contributed by atoms with Crippen LogP contribution in [0.4, 0.5) is 0 Å². The van der Waals surface area contributed by atoms with Crippen molar-refractivity contribution in [3.63, 3.8) is 0 Å². The first kappa shape index (κ1) is 25.3. The number of hydrogen-bond acceptors (Lipinski definition) is 9. The van der Waals surface area contributed by atoms with Crippen molar-refractivity contribution in [2.45, 2.75) is 71.0 Å². The van der Waals surface area contributed by atoms with E-state index in [1.165, 1.54) is 0 Å². The van der Waals surface area contributed by atoms with E-state index >= 15 is 0 Å². The molecule has 0 bridgehead atoms. The molecule has 0 fully saturated rings. The zero-order valence-corrected chi connectivity index (χ0v) is 16.5. The van der Waals surface area contributed by atoms with Crippen molar-refractivity contribution in [2.24, 2.45) is 10.7 Å². The molecule has 1 unspecified atom stereocenters. The Hall–Kier alpha value is -2.72. The summed E-state index contributed by atoms with van der Waals surface area (Å²) in [6.45, 7) is 5.67. The number of esters is 1. The van der Waals surface area contributed by atoms with E-state index in [0.717, 1.165) is 0 Å². The maximum atomic E-state index is 11.8. The predicted octanol–water partition coefficient (Wildman–Crippen LogP) is 1.34. The third-order valence-electron chi connectivity index (χ3n) is 3.24. The average Bonchev–Trinajstić information content (AvgIpc) is 2.53. The molecule has 0 aliphatic rings. The second-order valence-electron chi connectivity index (χ2n) is 7.04. The Morgan fingerprint density at radius 3 is 2.54 bits per heavy atom. The van der Waals surface area contributed by atoms with Crippen LogP contribution in [-0.2, 0) is 28.7 Å². The van der Waals surface area contributed by atoms with E-state index in [1.807, 2.05) is 0 Å². The van der Waals surface area contributed by atoms with Crippen LogP contribution in [0.5, 0.6) is 0 Å². The number of carbonyl (C=O) groups is 3. The first-order valence-electron chi connectivity index (χ1n) is 8.92. The van der Waals surface area contributed by atoms with Crippen LogP contribution in [-0.4, -0.2) is 54.0 Å². The second kappa shape index (κ2) is 13.4. The Bertz CT molecular complexity index is 557. The topological polar surface area (TPSA) is 160 Å². The van der Waals surface area contributed by atoms with Gasteiger partial charge in [0.2, 0.25) is 0 Å². The van der Waals surface area contributed by atoms with Crippen molar-refractivity contribution in [3.05, 3.63) is 10.1 Å². The molecule has 0 rings (SSSR count). The van der Waals surface area contributed by atoms with Gasteiger partial charge < -0.3 is 20.0 Å². The van der Waals surface area contributed by atoms with Crippen molar-refractivity contribution in [3.8, 4) is 0 Å². The lowest BCUT2D eigenvalue weighted by Gasteiger charge is -2.21. The molecule has 0 aromatic carbocycles. The molecule has 28 heavy (non-hydrogen) atoms. The molecule has 11 heteroatoms. The Balaban J connectivity index is 4.17. The summed E-state index contributed by atoms with van der Waals surface area (Å²) in [6, 6.07) is 0. The molecular weight excluding hydrogens is 374 g/mol. The van der Waals surface area contributed by atoms with Gasteiger partial charge in [0.15, 0.2) is 0 Å². The maximum absolute atomic E-state index is 11.8. The zero-order chi connectivity index (χ0) is 21.6. The quantitative estimate of drug-likeness (QED) is 0.0809. The Morgan fingerprint density at radius 2 is 1.96 bits per heavy atom. The van der Waals surface area contributed by atoms with Gasteiger partial charge in [0.1, 0.15) is 23.3 Å². The van der Waals surface area contributed by atoms with E-state index in [2.05, 4.69) is 9.83 Å². The largest absolute Gasteiger partial charge is 0.464 e. The average molecular weight is 403 g/mol. The van der Waals surface area contributed by atoms with E-state index in [9.17, 15) is 24.5 Å². The second-order valence-corrected chi connectivity index (χ2v) is 7.04. The normalized spacial score (nSPS) is 12.8. The number of amidine groups is 1. The lowest BCUT2D eigenvalue weighted by molar-refractivity contribution is -0.757. The Kier molecular flexibility index (Phi) is 12.1. The molecule has 0 spiro atoms. The molecule has 0 aliphatic heterocycles. The molecule has 0 amide bonds. The van der Waals surface area contributed by atoms with E-state index in [0.29, 0.717) is 19.4 Å². The first-order chi connectivity index (χ1) is 13.0. The van der Waals surface area contributed by atoms with Gasteiger partial charge in [-0.3, -0.25) is 19.4 Å². The molecule has 11 nitrogen and oxygen atoms in total. The van der Waals surface area contributed by atoms with Gasteiger partial charge in [0.05, 0.1) is 19.4 Å². The van der Waals surface area contributed by atoms with Crippen LogP contribution in [0.25, 0.3) is 0 Å². The highest BCUT2D eigenvalue weighted by Gasteiger charge is 2.21. The fourth-order valence-corrected chi connectivity index (χ4v) is 2.16. The van der Waals surface area contributed by atoms with E-state index < -0.39 is 22.8 Å². The monoisotopic (exact) mass is 403 g/mol. The number of ketones is 1. The minimum atomic E-state index is -0.912. The summed E-state index contributed by atoms with van der Waals surface area (Å²) in [6.07, 6.45) is 0.489. The molecule has 0 saturated heterocycles. The smallest absolute Gasteiger partial charge is 0.310 e. The fourth-order valence-electron chi connectivity index (χ4n) is 2.16. The summed E-state index contributed by atoms with van der Waals surface area (Å²) in [5, 5.41) is 9.07. The number of carbonyl (C=O) groups excluding carboxylic acids is 3. The van der Waals surface area contributed by atoms with Crippen molar-refractivity contribution in [2.75, 3.05) is 13.2 Å². The van der Waals surface area contributed by atoms with Crippen LogP contribution < -0.4 is 5.73 Å². The molecule has 0 aliphatic carbocycles. The summed E-state index contributed by atoms with van der Waals surface area (Å²) >= 11 is 0. The summed E-state index contributed by atoms with van der Waals surface area (Å²) in [7, 11) is 0. The Morgan fingerprint density at radius 1 is 1.29 bits per heavy atom. The van der Waals surface area contributed by atoms with Crippen molar-refractivity contribution in [1.29, 1.82) is 0 Å². The number of aliphatic imine (C=N–C) groups is 1. The molecule has 0 radical (unpaired) electrons. The highest BCUT2D eigenvalue weighted by Crippen LogP contribution is 2.13. The van der Waals surface area contributed by atoms with E-state index in [1.54, 1.807) is 20.8 Å². The number of rotatable bonds is 15. The summed E-state index contributed by atoms with van der Waals surface area (Å²) < 4.78 is 10.1. The number of ether oxygens (including phenoxy) is 2. The van der Waals surface area contributed by atoms with Crippen LogP contribution >= 0.6 is 0 Å². The van der Waals surface area contributed by atoms with Gasteiger partial charge in [-0.05, 0) is 40.0 Å².